The molecule has 1 aromatic rings. The van der Waals surface area contributed by atoms with Gasteiger partial charge in [0.15, 0.2) is 0 Å². The fourth-order valence-electron chi connectivity index (χ4n) is 1.82. The van der Waals surface area contributed by atoms with Gasteiger partial charge in [0.1, 0.15) is 0 Å². The predicted molar refractivity (Wildman–Crippen MR) is 94.7 cm³/mol. The monoisotopic (exact) mass is 331 g/mol. The number of para-hydroxylation sites is 1. The summed E-state index contributed by atoms with van der Waals surface area (Å²) in [5, 5.41) is 8.09. The highest BCUT2D eigenvalue weighted by atomic mass is 16.2. The normalized spacial score (nSPS) is 10.6. The molecule has 0 saturated carbocycles. The Morgan fingerprint density at radius 1 is 1.12 bits per heavy atom. The van der Waals surface area contributed by atoms with Crippen molar-refractivity contribution in [2.45, 2.75) is 27.2 Å². The first-order chi connectivity index (χ1) is 11.3. The van der Waals surface area contributed by atoms with E-state index in [0.29, 0.717) is 17.8 Å². The molecular formula is C18H25N3O3. The summed E-state index contributed by atoms with van der Waals surface area (Å²) in [6.07, 6.45) is 1.71. The van der Waals surface area contributed by atoms with Crippen molar-refractivity contribution in [1.82, 2.24) is 10.6 Å². The van der Waals surface area contributed by atoms with Crippen LogP contribution in [0.5, 0.6) is 0 Å². The van der Waals surface area contributed by atoms with Crippen molar-refractivity contribution in [3.05, 3.63) is 42.5 Å². The quantitative estimate of drug-likeness (QED) is 0.669. The predicted octanol–water partition coefficient (Wildman–Crippen LogP) is 2.09. The van der Waals surface area contributed by atoms with E-state index in [-0.39, 0.29) is 30.7 Å². The Labute approximate surface area is 142 Å². The summed E-state index contributed by atoms with van der Waals surface area (Å²) < 4.78 is 0. The van der Waals surface area contributed by atoms with Gasteiger partial charge in [-0.1, -0.05) is 39.0 Å². The molecule has 0 spiro atoms. The third-order valence-electron chi connectivity index (χ3n) is 3.17. The van der Waals surface area contributed by atoms with Crippen molar-refractivity contribution in [3.8, 4) is 0 Å². The van der Waals surface area contributed by atoms with Crippen LogP contribution in [0.1, 0.15) is 37.6 Å². The Hall–Kier alpha value is -2.63. The number of amides is 3. The molecule has 0 radical (unpaired) electrons. The van der Waals surface area contributed by atoms with Crippen LogP contribution in [-0.2, 0) is 9.59 Å². The molecule has 0 bridgehead atoms. The maximum absolute atomic E-state index is 12.1. The molecule has 0 heterocycles. The van der Waals surface area contributed by atoms with Gasteiger partial charge >= 0.3 is 0 Å². The van der Waals surface area contributed by atoms with Gasteiger partial charge in [-0.3, -0.25) is 14.4 Å². The van der Waals surface area contributed by atoms with Crippen LogP contribution >= 0.6 is 0 Å². The molecule has 0 unspecified atom stereocenters. The zero-order valence-electron chi connectivity index (χ0n) is 14.4. The average Bonchev–Trinajstić information content (AvgIpc) is 2.52. The number of hydrogen-bond donors (Lipinski definition) is 3. The Morgan fingerprint density at radius 3 is 2.42 bits per heavy atom. The fraction of sp³-hybridized carbons (Fsp3) is 0.389. The van der Waals surface area contributed by atoms with Crippen molar-refractivity contribution in [2.75, 3.05) is 18.4 Å². The molecule has 0 aliphatic rings. The van der Waals surface area contributed by atoms with Gasteiger partial charge in [0.2, 0.25) is 11.8 Å². The molecule has 3 amide bonds. The van der Waals surface area contributed by atoms with Crippen LogP contribution in [-0.4, -0.2) is 30.8 Å². The van der Waals surface area contributed by atoms with Crippen LogP contribution in [0.2, 0.25) is 0 Å². The van der Waals surface area contributed by atoms with E-state index in [2.05, 4.69) is 22.5 Å². The number of anilines is 1. The van der Waals surface area contributed by atoms with E-state index in [4.69, 9.17) is 0 Å². The molecular weight excluding hydrogens is 306 g/mol. The first-order valence-corrected chi connectivity index (χ1v) is 7.82. The lowest BCUT2D eigenvalue weighted by Gasteiger charge is -2.17. The van der Waals surface area contributed by atoms with Gasteiger partial charge in [-0.15, -0.1) is 6.58 Å². The van der Waals surface area contributed by atoms with Gasteiger partial charge in [0.25, 0.3) is 5.91 Å². The summed E-state index contributed by atoms with van der Waals surface area (Å²) in [5.41, 5.74) is 0.324. The molecule has 0 fully saturated rings. The summed E-state index contributed by atoms with van der Waals surface area (Å²) >= 11 is 0. The van der Waals surface area contributed by atoms with E-state index in [1.54, 1.807) is 51.1 Å². The second-order valence-electron chi connectivity index (χ2n) is 6.35. The van der Waals surface area contributed by atoms with Gasteiger partial charge in [0.05, 0.1) is 11.3 Å². The van der Waals surface area contributed by atoms with E-state index in [1.165, 1.54) is 0 Å². The highest BCUT2D eigenvalue weighted by molar-refractivity contribution is 6.03. The zero-order chi connectivity index (χ0) is 18.2. The lowest BCUT2D eigenvalue weighted by Crippen LogP contribution is -2.36. The molecule has 6 nitrogen and oxygen atoms in total. The summed E-state index contributed by atoms with van der Waals surface area (Å²) in [7, 11) is 0. The maximum atomic E-state index is 12.1. The van der Waals surface area contributed by atoms with Gasteiger partial charge in [-0.05, 0) is 12.1 Å². The number of nitrogens with one attached hydrogen (secondary N) is 3. The minimum Gasteiger partial charge on any atom is -0.355 e. The highest BCUT2D eigenvalue weighted by Gasteiger charge is 2.20. The van der Waals surface area contributed by atoms with Gasteiger partial charge in [-0.2, -0.15) is 0 Å². The second-order valence-corrected chi connectivity index (χ2v) is 6.35. The molecule has 0 aliphatic carbocycles. The number of hydrogen-bond acceptors (Lipinski definition) is 3. The third-order valence-corrected chi connectivity index (χ3v) is 3.17. The lowest BCUT2D eigenvalue weighted by atomic mass is 9.96. The maximum Gasteiger partial charge on any atom is 0.253 e. The van der Waals surface area contributed by atoms with Gasteiger partial charge in [-0.25, -0.2) is 0 Å². The Kier molecular flexibility index (Phi) is 7.17. The minimum absolute atomic E-state index is 0.112. The Morgan fingerprint density at radius 2 is 1.79 bits per heavy atom. The molecule has 6 heteroatoms. The molecule has 3 N–H and O–H groups in total. The molecule has 0 aliphatic heterocycles. The standard InChI is InChI=1S/C18H25N3O3/c1-5-11-19-16(23)13-8-6-7-9-14(13)21-15(22)10-12-20-17(24)18(2,3)4/h5-9H,1,10-12H2,2-4H3,(H,19,23)(H,20,24)(H,21,22). The second kappa shape index (κ2) is 8.86. The van der Waals surface area contributed by atoms with Crippen LogP contribution in [0.4, 0.5) is 5.69 Å². The van der Waals surface area contributed by atoms with E-state index in [9.17, 15) is 14.4 Å². The van der Waals surface area contributed by atoms with Crippen molar-refractivity contribution in [3.63, 3.8) is 0 Å². The topological polar surface area (TPSA) is 87.3 Å². The smallest absolute Gasteiger partial charge is 0.253 e. The number of carbonyl (C=O) groups excluding carboxylic acids is 3. The van der Waals surface area contributed by atoms with Crippen LogP contribution in [0.3, 0.4) is 0 Å². The van der Waals surface area contributed by atoms with Gasteiger partial charge in [0, 0.05) is 24.9 Å². The SMILES string of the molecule is C=CCNC(=O)c1ccccc1NC(=O)CCNC(=O)C(C)(C)C. The number of rotatable bonds is 7. The van der Waals surface area contributed by atoms with Gasteiger partial charge < -0.3 is 16.0 Å². The summed E-state index contributed by atoms with van der Waals surface area (Å²) in [6, 6.07) is 6.76. The van der Waals surface area contributed by atoms with Crippen molar-refractivity contribution >= 4 is 23.4 Å². The van der Waals surface area contributed by atoms with E-state index in [0.717, 1.165) is 0 Å². The molecule has 130 valence electrons. The summed E-state index contributed by atoms with van der Waals surface area (Å²) in [5.74, 6) is -0.667. The van der Waals surface area contributed by atoms with E-state index in [1.807, 2.05) is 0 Å². The first-order valence-electron chi connectivity index (χ1n) is 7.82. The van der Waals surface area contributed by atoms with Crippen molar-refractivity contribution in [1.29, 1.82) is 0 Å². The van der Waals surface area contributed by atoms with Crippen LogP contribution in [0.25, 0.3) is 0 Å². The Balaban J connectivity index is 2.60. The highest BCUT2D eigenvalue weighted by Crippen LogP contribution is 2.15. The largest absolute Gasteiger partial charge is 0.355 e. The van der Waals surface area contributed by atoms with E-state index < -0.39 is 5.41 Å². The van der Waals surface area contributed by atoms with Crippen molar-refractivity contribution < 1.29 is 14.4 Å². The van der Waals surface area contributed by atoms with E-state index >= 15 is 0 Å². The fourth-order valence-corrected chi connectivity index (χ4v) is 1.82. The lowest BCUT2D eigenvalue weighted by molar-refractivity contribution is -0.128. The van der Waals surface area contributed by atoms with Crippen LogP contribution < -0.4 is 16.0 Å². The third kappa shape index (κ3) is 6.24. The minimum atomic E-state index is -0.494. The number of benzene rings is 1. The number of carbonyl (C=O) groups is 3. The van der Waals surface area contributed by atoms with Crippen LogP contribution in [0.15, 0.2) is 36.9 Å². The molecule has 1 aromatic carbocycles. The summed E-state index contributed by atoms with van der Waals surface area (Å²) in [4.78, 5) is 35.8. The molecule has 0 saturated heterocycles. The average molecular weight is 331 g/mol. The molecule has 0 atom stereocenters. The zero-order valence-corrected chi connectivity index (χ0v) is 14.4. The molecule has 24 heavy (non-hydrogen) atoms. The Bertz CT molecular complexity index is 618. The molecule has 0 aromatic heterocycles. The first kappa shape index (κ1) is 19.4. The molecule has 1 rings (SSSR count). The summed E-state index contributed by atoms with van der Waals surface area (Å²) in [6.45, 7) is 9.55. The van der Waals surface area contributed by atoms with Crippen molar-refractivity contribution in [2.24, 2.45) is 5.41 Å². The van der Waals surface area contributed by atoms with Crippen LogP contribution in [0, 0.1) is 5.41 Å².